The largest absolute Gasteiger partial charge is 0.477 e. The number of carboxylic acid groups (broad SMARTS) is 1. The van der Waals surface area contributed by atoms with Gasteiger partial charge >= 0.3 is 5.97 Å². The van der Waals surface area contributed by atoms with Crippen LogP contribution in [0, 0.1) is 0 Å². The summed E-state index contributed by atoms with van der Waals surface area (Å²) >= 11 is 9.88. The third-order valence-electron chi connectivity index (χ3n) is 4.09. The number of fused-ring (bicyclic) bond motifs is 1. The van der Waals surface area contributed by atoms with Crippen LogP contribution in [0.15, 0.2) is 62.0 Å². The van der Waals surface area contributed by atoms with Gasteiger partial charge in [-0.25, -0.2) is 9.79 Å². The van der Waals surface area contributed by atoms with Crippen molar-refractivity contribution in [3.8, 4) is 0 Å². The fraction of sp³-hybridized carbons (Fsp3) is 0.200. The van der Waals surface area contributed by atoms with Crippen molar-refractivity contribution in [2.24, 2.45) is 15.1 Å². The molecule has 0 spiro atoms. The topological polar surface area (TPSA) is 95.6 Å². The summed E-state index contributed by atoms with van der Waals surface area (Å²) in [7, 11) is 1.50. The number of nitrogens with one attached hydrogen (secondary N) is 1. The van der Waals surface area contributed by atoms with E-state index in [4.69, 9.17) is 16.3 Å². The zero-order valence-corrected chi connectivity index (χ0v) is 17.9. The van der Waals surface area contributed by atoms with Crippen molar-refractivity contribution in [2.75, 3.05) is 20.3 Å². The first kappa shape index (κ1) is 21.2. The van der Waals surface area contributed by atoms with Crippen LogP contribution in [0.1, 0.15) is 17.5 Å². The van der Waals surface area contributed by atoms with Gasteiger partial charge in [0.1, 0.15) is 11.5 Å². The highest BCUT2D eigenvalue weighted by molar-refractivity contribution is 9.10. The highest BCUT2D eigenvalue weighted by Gasteiger charge is 2.19. The van der Waals surface area contributed by atoms with Gasteiger partial charge in [0, 0.05) is 34.2 Å². The van der Waals surface area contributed by atoms with Crippen LogP contribution >= 0.6 is 27.5 Å². The summed E-state index contributed by atoms with van der Waals surface area (Å²) in [6.45, 7) is 0.443. The molecule has 150 valence electrons. The lowest BCUT2D eigenvalue weighted by Crippen LogP contribution is -2.25. The lowest BCUT2D eigenvalue weighted by molar-refractivity contribution is -0.129. The molecule has 3 rings (SSSR count). The van der Waals surface area contributed by atoms with E-state index in [1.165, 1.54) is 7.11 Å². The number of halogens is 2. The molecule has 1 aliphatic rings. The summed E-state index contributed by atoms with van der Waals surface area (Å²) in [6, 6.07) is 13.1. The standard InChI is InChI=1S/C20H18BrClN4O3/c1-29-9-8-17(20(27)28)25-26-18-11-23-19(13-4-2-3-5-15(13)22)14-10-12(21)6-7-16(14)24-18/h2-7,10H,8-9,11H2,1H3,(H,24,26)(H,27,28). The Kier molecular flexibility index (Phi) is 7.13. The van der Waals surface area contributed by atoms with Crippen LogP contribution in [-0.2, 0) is 9.53 Å². The number of methoxy groups -OCH3 is 1. The number of rotatable bonds is 6. The average Bonchev–Trinajstić information content (AvgIpc) is 2.87. The van der Waals surface area contributed by atoms with Gasteiger partial charge in [-0.1, -0.05) is 45.7 Å². The molecule has 9 heteroatoms. The summed E-state index contributed by atoms with van der Waals surface area (Å²) in [5, 5.41) is 13.8. The van der Waals surface area contributed by atoms with Crippen molar-refractivity contribution >= 4 is 56.4 Å². The second-order valence-electron chi connectivity index (χ2n) is 6.08. The minimum atomic E-state index is -1.12. The van der Waals surface area contributed by atoms with Gasteiger partial charge in [0.25, 0.3) is 0 Å². The van der Waals surface area contributed by atoms with E-state index in [1.54, 1.807) is 6.07 Å². The maximum absolute atomic E-state index is 11.3. The predicted molar refractivity (Wildman–Crippen MR) is 118 cm³/mol. The van der Waals surface area contributed by atoms with Crippen molar-refractivity contribution in [3.63, 3.8) is 0 Å². The van der Waals surface area contributed by atoms with E-state index in [2.05, 4.69) is 36.4 Å². The van der Waals surface area contributed by atoms with Crippen LogP contribution in [0.4, 0.5) is 5.69 Å². The fourth-order valence-corrected chi connectivity index (χ4v) is 3.29. The Bertz CT molecular complexity index is 1020. The van der Waals surface area contributed by atoms with E-state index < -0.39 is 5.97 Å². The number of aliphatic imine (C=N–C) groups is 2. The van der Waals surface area contributed by atoms with Crippen molar-refractivity contribution in [2.45, 2.75) is 6.42 Å². The number of nitrogens with zero attached hydrogens (tertiary/aromatic N) is 3. The number of ether oxygens (including phenoxy) is 1. The molecule has 0 bridgehead atoms. The summed E-state index contributed by atoms with van der Waals surface area (Å²) < 4.78 is 5.81. The zero-order valence-electron chi connectivity index (χ0n) is 15.5. The van der Waals surface area contributed by atoms with Crippen LogP contribution in [0.2, 0.25) is 5.02 Å². The number of aliphatic carboxylic acids is 1. The molecule has 29 heavy (non-hydrogen) atoms. The predicted octanol–water partition coefficient (Wildman–Crippen LogP) is 4.05. The van der Waals surface area contributed by atoms with E-state index >= 15 is 0 Å². The number of hydrogen-bond donors (Lipinski definition) is 2. The van der Waals surface area contributed by atoms with Gasteiger partial charge in [-0.2, -0.15) is 5.10 Å². The molecule has 2 aromatic rings. The number of amidine groups is 1. The Morgan fingerprint density at radius 3 is 2.83 bits per heavy atom. The highest BCUT2D eigenvalue weighted by Crippen LogP contribution is 2.30. The van der Waals surface area contributed by atoms with Crippen LogP contribution in [-0.4, -0.2) is 48.6 Å². The number of carboxylic acids is 1. The molecule has 0 aromatic heterocycles. The SMILES string of the molecule is COCCC(=NNC1=Nc2ccc(Br)cc2C(c2ccccc2Cl)=NC1)C(=O)O. The van der Waals surface area contributed by atoms with E-state index in [1.807, 2.05) is 36.4 Å². The zero-order chi connectivity index (χ0) is 20.8. The quantitative estimate of drug-likeness (QED) is 0.485. The lowest BCUT2D eigenvalue weighted by Gasteiger charge is -2.10. The molecule has 7 nitrogen and oxygen atoms in total. The maximum atomic E-state index is 11.3. The van der Waals surface area contributed by atoms with E-state index in [0.717, 1.165) is 15.6 Å². The first-order chi connectivity index (χ1) is 14.0. The highest BCUT2D eigenvalue weighted by atomic mass is 79.9. The summed E-state index contributed by atoms with van der Waals surface area (Å²) in [6.07, 6.45) is 0.170. The first-order valence-corrected chi connectivity index (χ1v) is 9.88. The van der Waals surface area contributed by atoms with E-state index in [0.29, 0.717) is 22.3 Å². The van der Waals surface area contributed by atoms with Gasteiger partial charge in [-0.15, -0.1) is 0 Å². The smallest absolute Gasteiger partial charge is 0.352 e. The number of carbonyl (C=O) groups is 1. The second kappa shape index (κ2) is 9.78. The average molecular weight is 478 g/mol. The third kappa shape index (κ3) is 5.29. The normalized spacial score (nSPS) is 13.8. The van der Waals surface area contributed by atoms with Crippen LogP contribution in [0.5, 0.6) is 0 Å². The maximum Gasteiger partial charge on any atom is 0.352 e. The van der Waals surface area contributed by atoms with Gasteiger partial charge in [-0.05, 0) is 24.3 Å². The molecule has 0 fully saturated rings. The lowest BCUT2D eigenvalue weighted by atomic mass is 10.0. The number of hydrogen-bond acceptors (Lipinski definition) is 6. The van der Waals surface area contributed by atoms with Crippen molar-refractivity contribution in [1.82, 2.24) is 5.43 Å². The molecule has 0 saturated heterocycles. The summed E-state index contributed by atoms with van der Waals surface area (Å²) in [5.41, 5.74) is 5.68. The van der Waals surface area contributed by atoms with Gasteiger partial charge in [0.15, 0.2) is 0 Å². The molecule has 0 saturated carbocycles. The molecule has 0 aliphatic carbocycles. The second-order valence-corrected chi connectivity index (χ2v) is 7.41. The van der Waals surface area contributed by atoms with Crippen LogP contribution in [0.3, 0.4) is 0 Å². The molecular formula is C20H18BrClN4O3. The van der Waals surface area contributed by atoms with Crippen molar-refractivity contribution in [3.05, 3.63) is 63.1 Å². The van der Waals surface area contributed by atoms with E-state index in [-0.39, 0.29) is 25.3 Å². The molecule has 1 aliphatic heterocycles. The fourth-order valence-electron chi connectivity index (χ4n) is 2.70. The molecule has 0 atom stereocenters. The van der Waals surface area contributed by atoms with E-state index in [9.17, 15) is 9.90 Å². The Morgan fingerprint density at radius 2 is 2.10 bits per heavy atom. The molecule has 1 heterocycles. The minimum Gasteiger partial charge on any atom is -0.477 e. The van der Waals surface area contributed by atoms with Crippen molar-refractivity contribution in [1.29, 1.82) is 0 Å². The van der Waals surface area contributed by atoms with Crippen molar-refractivity contribution < 1.29 is 14.6 Å². The molecular weight excluding hydrogens is 460 g/mol. The molecule has 2 N–H and O–H groups in total. The number of hydrazone groups is 1. The van der Waals surface area contributed by atoms with Gasteiger partial charge < -0.3 is 9.84 Å². The molecule has 0 radical (unpaired) electrons. The Morgan fingerprint density at radius 1 is 1.31 bits per heavy atom. The van der Waals surface area contributed by atoms with Gasteiger partial charge in [0.2, 0.25) is 0 Å². The Balaban J connectivity index is 1.98. The Labute approximate surface area is 181 Å². The first-order valence-electron chi connectivity index (χ1n) is 8.71. The van der Waals surface area contributed by atoms with Gasteiger partial charge in [0.05, 0.1) is 24.6 Å². The molecule has 0 unspecified atom stereocenters. The van der Waals surface area contributed by atoms with Crippen LogP contribution in [0.25, 0.3) is 0 Å². The third-order valence-corrected chi connectivity index (χ3v) is 4.92. The van der Waals surface area contributed by atoms with Crippen LogP contribution < -0.4 is 5.43 Å². The van der Waals surface area contributed by atoms with Gasteiger partial charge in [-0.3, -0.25) is 10.4 Å². The molecule has 0 amide bonds. The number of benzene rings is 2. The monoisotopic (exact) mass is 476 g/mol. The summed E-state index contributed by atoms with van der Waals surface area (Å²) in [5.74, 6) is -0.694. The molecule has 2 aromatic carbocycles. The summed E-state index contributed by atoms with van der Waals surface area (Å²) in [4.78, 5) is 20.6. The Hall–Kier alpha value is -2.55. The minimum absolute atomic E-state index is 0.0508.